The van der Waals surface area contributed by atoms with Gasteiger partial charge in [0.15, 0.2) is 0 Å². The van der Waals surface area contributed by atoms with Crippen LogP contribution in [-0.4, -0.2) is 69.1 Å². The first-order valence-corrected chi connectivity index (χ1v) is 9.54. The second kappa shape index (κ2) is 7.87. The van der Waals surface area contributed by atoms with Crippen molar-refractivity contribution in [1.29, 1.82) is 0 Å². The summed E-state index contributed by atoms with van der Waals surface area (Å²) in [5, 5.41) is 0. The van der Waals surface area contributed by atoms with Crippen LogP contribution in [0.5, 0.6) is 0 Å². The van der Waals surface area contributed by atoms with Crippen molar-refractivity contribution < 1.29 is 13.2 Å². The van der Waals surface area contributed by atoms with E-state index in [0.29, 0.717) is 19.6 Å². The number of nitrogens with one attached hydrogen (secondary N) is 1. The first-order valence-electron chi connectivity index (χ1n) is 8.10. The van der Waals surface area contributed by atoms with Crippen molar-refractivity contribution in [3.8, 4) is 0 Å². The summed E-state index contributed by atoms with van der Waals surface area (Å²) >= 11 is 0. The molecular weight excluding hydrogens is 290 g/mol. The van der Waals surface area contributed by atoms with Gasteiger partial charge in [0.05, 0.1) is 12.2 Å². The van der Waals surface area contributed by atoms with Crippen molar-refractivity contribution in [1.82, 2.24) is 13.9 Å². The van der Waals surface area contributed by atoms with E-state index in [1.165, 1.54) is 0 Å². The van der Waals surface area contributed by atoms with Crippen molar-refractivity contribution in [2.24, 2.45) is 0 Å². The van der Waals surface area contributed by atoms with Crippen LogP contribution < -0.4 is 4.72 Å². The third-order valence-corrected chi connectivity index (χ3v) is 5.73. The van der Waals surface area contributed by atoms with Gasteiger partial charge in [0.25, 0.3) is 10.2 Å². The maximum Gasteiger partial charge on any atom is 0.279 e. The molecule has 0 aromatic heterocycles. The average Bonchev–Trinajstić information content (AvgIpc) is 2.66. The minimum Gasteiger partial charge on any atom is -0.373 e. The van der Waals surface area contributed by atoms with E-state index >= 15 is 0 Å². The zero-order valence-corrected chi connectivity index (χ0v) is 14.1. The highest BCUT2D eigenvalue weighted by Crippen LogP contribution is 2.13. The van der Waals surface area contributed by atoms with Crippen LogP contribution in [-0.2, 0) is 14.9 Å². The van der Waals surface area contributed by atoms with Crippen molar-refractivity contribution in [2.75, 3.05) is 39.3 Å². The van der Waals surface area contributed by atoms with Gasteiger partial charge in [-0.15, -0.1) is 0 Å². The van der Waals surface area contributed by atoms with Crippen LogP contribution in [0, 0.1) is 0 Å². The fourth-order valence-electron chi connectivity index (χ4n) is 3.17. The van der Waals surface area contributed by atoms with E-state index in [4.69, 9.17) is 4.74 Å². The molecule has 0 spiro atoms. The number of hydrogen-bond donors (Lipinski definition) is 1. The monoisotopic (exact) mass is 319 g/mol. The van der Waals surface area contributed by atoms with Gasteiger partial charge in [0, 0.05) is 39.3 Å². The zero-order valence-electron chi connectivity index (χ0n) is 13.3. The number of morpholine rings is 1. The molecule has 124 valence electrons. The van der Waals surface area contributed by atoms with E-state index in [9.17, 15) is 8.42 Å². The van der Waals surface area contributed by atoms with Crippen molar-refractivity contribution >= 4 is 10.2 Å². The number of ether oxygens (including phenoxy) is 1. The van der Waals surface area contributed by atoms with Gasteiger partial charge < -0.3 is 4.74 Å². The molecule has 21 heavy (non-hydrogen) atoms. The van der Waals surface area contributed by atoms with Crippen molar-refractivity contribution in [3.63, 3.8) is 0 Å². The van der Waals surface area contributed by atoms with Gasteiger partial charge in [-0.1, -0.05) is 12.8 Å². The predicted octanol–water partition coefficient (Wildman–Crippen LogP) is 0.806. The smallest absolute Gasteiger partial charge is 0.279 e. The number of rotatable bonds is 5. The molecular formula is C14H29N3O3S. The fourth-order valence-corrected chi connectivity index (χ4v) is 4.44. The lowest BCUT2D eigenvalue weighted by atomic mass is 10.2. The van der Waals surface area contributed by atoms with E-state index in [2.05, 4.69) is 23.5 Å². The second-order valence-corrected chi connectivity index (χ2v) is 7.98. The van der Waals surface area contributed by atoms with E-state index in [-0.39, 0.29) is 12.2 Å². The van der Waals surface area contributed by atoms with Crippen molar-refractivity contribution in [2.45, 2.75) is 51.7 Å². The Morgan fingerprint density at radius 3 is 2.19 bits per heavy atom. The summed E-state index contributed by atoms with van der Waals surface area (Å²) < 4.78 is 34.6. The molecule has 0 aromatic carbocycles. The molecule has 7 heteroatoms. The molecule has 0 aromatic rings. The van der Waals surface area contributed by atoms with Gasteiger partial charge in [0.2, 0.25) is 0 Å². The summed E-state index contributed by atoms with van der Waals surface area (Å²) in [4.78, 5) is 2.27. The summed E-state index contributed by atoms with van der Waals surface area (Å²) in [5.41, 5.74) is 0. The maximum atomic E-state index is 12.3. The van der Waals surface area contributed by atoms with Gasteiger partial charge >= 0.3 is 0 Å². The minimum atomic E-state index is -3.31. The van der Waals surface area contributed by atoms with E-state index < -0.39 is 10.2 Å². The second-order valence-electron chi connectivity index (χ2n) is 6.23. The Balaban J connectivity index is 1.76. The Bertz CT molecular complexity index is 398. The van der Waals surface area contributed by atoms with Gasteiger partial charge in [-0.05, 0) is 26.7 Å². The van der Waals surface area contributed by atoms with Crippen molar-refractivity contribution in [3.05, 3.63) is 0 Å². The SMILES string of the molecule is C[C@H]1CN(CCNS(=O)(=O)N2CCCCCC2)C[C@H](C)O1. The summed E-state index contributed by atoms with van der Waals surface area (Å²) in [6.07, 6.45) is 4.65. The van der Waals surface area contributed by atoms with Crippen LogP contribution in [0.15, 0.2) is 0 Å². The van der Waals surface area contributed by atoms with E-state index in [0.717, 1.165) is 45.3 Å². The van der Waals surface area contributed by atoms with Gasteiger partial charge in [-0.2, -0.15) is 12.7 Å². The average molecular weight is 319 g/mol. The molecule has 2 saturated heterocycles. The molecule has 0 unspecified atom stereocenters. The standard InChI is InChI=1S/C14H29N3O3S/c1-13-11-16(12-14(2)20-13)10-7-15-21(18,19)17-8-5-3-4-6-9-17/h13-15H,3-12H2,1-2H3/t13-,14-/m0/s1. The quantitative estimate of drug-likeness (QED) is 0.814. The van der Waals surface area contributed by atoms with E-state index in [1.807, 2.05) is 0 Å². The molecule has 2 aliphatic rings. The van der Waals surface area contributed by atoms with Crippen LogP contribution in [0.4, 0.5) is 0 Å². The first kappa shape index (κ1) is 17.1. The highest BCUT2D eigenvalue weighted by Gasteiger charge is 2.24. The van der Waals surface area contributed by atoms with Gasteiger partial charge in [0.1, 0.15) is 0 Å². The normalized spacial score (nSPS) is 30.2. The molecule has 2 rings (SSSR count). The Kier molecular flexibility index (Phi) is 6.43. The molecule has 2 heterocycles. The van der Waals surface area contributed by atoms with Gasteiger partial charge in [-0.3, -0.25) is 4.90 Å². The maximum absolute atomic E-state index is 12.3. The highest BCUT2D eigenvalue weighted by atomic mass is 32.2. The minimum absolute atomic E-state index is 0.218. The van der Waals surface area contributed by atoms with E-state index in [1.54, 1.807) is 4.31 Å². The molecule has 0 aliphatic carbocycles. The number of nitrogens with zero attached hydrogens (tertiary/aromatic N) is 2. The Morgan fingerprint density at radius 1 is 1.05 bits per heavy atom. The molecule has 0 saturated carbocycles. The molecule has 6 nitrogen and oxygen atoms in total. The van der Waals surface area contributed by atoms with Crippen LogP contribution in [0.3, 0.4) is 0 Å². The third-order valence-electron chi connectivity index (χ3n) is 4.11. The van der Waals surface area contributed by atoms with Gasteiger partial charge in [-0.25, -0.2) is 4.72 Å². The highest BCUT2D eigenvalue weighted by molar-refractivity contribution is 7.87. The first-order chi connectivity index (χ1) is 9.97. The lowest BCUT2D eigenvalue weighted by Crippen LogP contribution is -2.49. The van der Waals surface area contributed by atoms with Crippen LogP contribution in [0.1, 0.15) is 39.5 Å². The Hall–Kier alpha value is -0.210. The molecule has 0 radical (unpaired) electrons. The summed E-state index contributed by atoms with van der Waals surface area (Å²) in [5.74, 6) is 0. The molecule has 1 N–H and O–H groups in total. The molecule has 2 fully saturated rings. The lowest BCUT2D eigenvalue weighted by Gasteiger charge is -2.35. The molecule has 2 atom stereocenters. The van der Waals surface area contributed by atoms with Crippen LogP contribution in [0.2, 0.25) is 0 Å². The zero-order chi connectivity index (χ0) is 15.3. The lowest BCUT2D eigenvalue weighted by molar-refractivity contribution is -0.0671. The molecule has 0 amide bonds. The third kappa shape index (κ3) is 5.49. The van der Waals surface area contributed by atoms with Crippen LogP contribution >= 0.6 is 0 Å². The van der Waals surface area contributed by atoms with Crippen LogP contribution in [0.25, 0.3) is 0 Å². The fraction of sp³-hybridized carbons (Fsp3) is 1.00. The summed E-state index contributed by atoms with van der Waals surface area (Å²) in [6, 6.07) is 0. The molecule has 2 aliphatic heterocycles. The Morgan fingerprint density at radius 2 is 1.62 bits per heavy atom. The predicted molar refractivity (Wildman–Crippen MR) is 83.4 cm³/mol. The summed E-state index contributed by atoms with van der Waals surface area (Å²) in [7, 11) is -3.31. The Labute approximate surface area is 129 Å². The summed E-state index contributed by atoms with van der Waals surface area (Å²) in [6.45, 7) is 8.38. The largest absolute Gasteiger partial charge is 0.373 e. The topological polar surface area (TPSA) is 61.9 Å². The molecule has 0 bridgehead atoms. The number of hydrogen-bond acceptors (Lipinski definition) is 4.